The summed E-state index contributed by atoms with van der Waals surface area (Å²) in [6.45, 7) is 9.48. The molecule has 2 rings (SSSR count). The summed E-state index contributed by atoms with van der Waals surface area (Å²) in [6, 6.07) is 3.72. The standard InChI is InChI=1S/C15H26N2O2S2/c1-4-16-8-7-14-5-6-15(20-14)21(18,19)17-10-12(2)9-13(3)11-17/h5-6,12-13,16H,4,7-11H2,1-3H3. The molecule has 2 atom stereocenters. The van der Waals surface area contributed by atoms with Gasteiger partial charge >= 0.3 is 0 Å². The smallest absolute Gasteiger partial charge is 0.252 e. The normalized spacial score (nSPS) is 24.3. The van der Waals surface area contributed by atoms with Gasteiger partial charge in [0.1, 0.15) is 4.21 Å². The lowest BCUT2D eigenvalue weighted by atomic mass is 9.94. The van der Waals surface area contributed by atoms with Gasteiger partial charge in [-0.15, -0.1) is 11.3 Å². The molecule has 0 aliphatic carbocycles. The number of sulfonamides is 1. The van der Waals surface area contributed by atoms with E-state index in [-0.39, 0.29) is 0 Å². The summed E-state index contributed by atoms with van der Waals surface area (Å²) in [4.78, 5) is 1.13. The van der Waals surface area contributed by atoms with Crippen LogP contribution >= 0.6 is 11.3 Å². The van der Waals surface area contributed by atoms with Crippen molar-refractivity contribution in [2.75, 3.05) is 26.2 Å². The average molecular weight is 331 g/mol. The molecule has 1 aliphatic rings. The van der Waals surface area contributed by atoms with Gasteiger partial charge in [0.25, 0.3) is 10.0 Å². The van der Waals surface area contributed by atoms with Crippen LogP contribution in [0.4, 0.5) is 0 Å². The molecular formula is C15H26N2O2S2. The largest absolute Gasteiger partial charge is 0.317 e. The van der Waals surface area contributed by atoms with Crippen molar-refractivity contribution in [2.45, 2.75) is 37.8 Å². The van der Waals surface area contributed by atoms with Gasteiger partial charge < -0.3 is 5.32 Å². The summed E-state index contributed by atoms with van der Waals surface area (Å²) in [5.74, 6) is 0.883. The molecule has 1 aromatic rings. The molecule has 0 bridgehead atoms. The van der Waals surface area contributed by atoms with Crippen molar-refractivity contribution in [2.24, 2.45) is 11.8 Å². The summed E-state index contributed by atoms with van der Waals surface area (Å²) in [6.07, 6.45) is 2.01. The van der Waals surface area contributed by atoms with E-state index in [1.807, 2.05) is 6.07 Å². The monoisotopic (exact) mass is 330 g/mol. The highest BCUT2D eigenvalue weighted by Gasteiger charge is 2.32. The second-order valence-electron chi connectivity index (χ2n) is 6.09. The Morgan fingerprint density at radius 3 is 2.57 bits per heavy atom. The number of thiophene rings is 1. The van der Waals surface area contributed by atoms with E-state index in [1.165, 1.54) is 11.3 Å². The second-order valence-corrected chi connectivity index (χ2v) is 9.43. The van der Waals surface area contributed by atoms with Crippen LogP contribution in [0, 0.1) is 11.8 Å². The number of nitrogens with zero attached hydrogens (tertiary/aromatic N) is 1. The maximum Gasteiger partial charge on any atom is 0.252 e. The molecule has 1 N–H and O–H groups in total. The van der Waals surface area contributed by atoms with Crippen LogP contribution in [-0.4, -0.2) is 38.9 Å². The van der Waals surface area contributed by atoms with Crippen molar-refractivity contribution < 1.29 is 8.42 Å². The predicted octanol–water partition coefficient (Wildman–Crippen LogP) is 2.57. The van der Waals surface area contributed by atoms with Gasteiger partial charge in [0.2, 0.25) is 0 Å². The molecule has 21 heavy (non-hydrogen) atoms. The van der Waals surface area contributed by atoms with Gasteiger partial charge in [-0.1, -0.05) is 20.8 Å². The number of hydrogen-bond acceptors (Lipinski definition) is 4. The molecule has 0 aromatic carbocycles. The Balaban J connectivity index is 2.08. The summed E-state index contributed by atoms with van der Waals surface area (Å²) < 4.78 is 27.7. The summed E-state index contributed by atoms with van der Waals surface area (Å²) in [5, 5.41) is 3.27. The van der Waals surface area contributed by atoms with E-state index in [0.29, 0.717) is 29.1 Å². The molecule has 0 spiro atoms. The fraction of sp³-hybridized carbons (Fsp3) is 0.733. The van der Waals surface area contributed by atoms with Crippen LogP contribution in [0.3, 0.4) is 0 Å². The maximum absolute atomic E-state index is 12.7. The molecule has 0 saturated carbocycles. The van der Waals surface area contributed by atoms with E-state index < -0.39 is 10.0 Å². The lowest BCUT2D eigenvalue weighted by Crippen LogP contribution is -2.42. The Labute approximate surface area is 132 Å². The Bertz CT molecular complexity index is 544. The van der Waals surface area contributed by atoms with Gasteiger partial charge in [-0.05, 0) is 49.9 Å². The molecule has 120 valence electrons. The highest BCUT2D eigenvalue weighted by molar-refractivity contribution is 7.91. The van der Waals surface area contributed by atoms with Crippen LogP contribution in [0.25, 0.3) is 0 Å². The highest BCUT2D eigenvalue weighted by Crippen LogP contribution is 2.30. The number of hydrogen-bond donors (Lipinski definition) is 1. The zero-order chi connectivity index (χ0) is 15.5. The van der Waals surface area contributed by atoms with E-state index in [4.69, 9.17) is 0 Å². The number of piperidine rings is 1. The Morgan fingerprint density at radius 1 is 1.29 bits per heavy atom. The van der Waals surface area contributed by atoms with Gasteiger partial charge in [-0.25, -0.2) is 8.42 Å². The number of likely N-dealkylation sites (N-methyl/N-ethyl adjacent to an activating group) is 1. The topological polar surface area (TPSA) is 49.4 Å². The highest BCUT2D eigenvalue weighted by atomic mass is 32.2. The van der Waals surface area contributed by atoms with E-state index in [2.05, 4.69) is 26.1 Å². The molecule has 2 unspecified atom stereocenters. The first kappa shape index (κ1) is 16.9. The van der Waals surface area contributed by atoms with Gasteiger partial charge in [-0.3, -0.25) is 0 Å². The van der Waals surface area contributed by atoms with E-state index in [9.17, 15) is 8.42 Å². The first-order valence-corrected chi connectivity index (χ1v) is 9.98. The second kappa shape index (κ2) is 7.22. The van der Waals surface area contributed by atoms with Crippen molar-refractivity contribution in [3.63, 3.8) is 0 Å². The minimum Gasteiger partial charge on any atom is -0.317 e. The van der Waals surface area contributed by atoms with E-state index in [0.717, 1.165) is 30.8 Å². The quantitative estimate of drug-likeness (QED) is 0.816. The molecular weight excluding hydrogens is 304 g/mol. The van der Waals surface area contributed by atoms with Gasteiger partial charge in [0.15, 0.2) is 0 Å². The summed E-state index contributed by atoms with van der Waals surface area (Å²) in [7, 11) is -3.31. The first-order chi connectivity index (χ1) is 9.93. The first-order valence-electron chi connectivity index (χ1n) is 7.73. The van der Waals surface area contributed by atoms with E-state index in [1.54, 1.807) is 10.4 Å². The molecule has 1 saturated heterocycles. The molecule has 4 nitrogen and oxygen atoms in total. The molecule has 2 heterocycles. The lowest BCUT2D eigenvalue weighted by molar-refractivity contribution is 0.223. The molecule has 0 radical (unpaired) electrons. The number of nitrogens with one attached hydrogen (secondary N) is 1. The Kier molecular flexibility index (Phi) is 5.82. The predicted molar refractivity (Wildman–Crippen MR) is 88.3 cm³/mol. The van der Waals surface area contributed by atoms with Crippen LogP contribution in [0.15, 0.2) is 16.3 Å². The fourth-order valence-electron chi connectivity index (χ4n) is 2.95. The van der Waals surface area contributed by atoms with Crippen LogP contribution < -0.4 is 5.32 Å². The van der Waals surface area contributed by atoms with Crippen molar-refractivity contribution >= 4 is 21.4 Å². The third-order valence-electron chi connectivity index (χ3n) is 3.86. The molecule has 1 aliphatic heterocycles. The Morgan fingerprint density at radius 2 is 1.95 bits per heavy atom. The Hall–Kier alpha value is -0.430. The van der Waals surface area contributed by atoms with Gasteiger partial charge in [-0.2, -0.15) is 4.31 Å². The third kappa shape index (κ3) is 4.28. The molecule has 1 aromatic heterocycles. The minimum atomic E-state index is -3.31. The van der Waals surface area contributed by atoms with Crippen LogP contribution in [0.5, 0.6) is 0 Å². The zero-order valence-electron chi connectivity index (χ0n) is 13.1. The number of rotatable bonds is 6. The van der Waals surface area contributed by atoms with Crippen molar-refractivity contribution in [1.82, 2.24) is 9.62 Å². The molecule has 6 heteroatoms. The average Bonchev–Trinajstić information content (AvgIpc) is 2.87. The maximum atomic E-state index is 12.7. The fourth-order valence-corrected chi connectivity index (χ4v) is 6.14. The van der Waals surface area contributed by atoms with E-state index >= 15 is 0 Å². The van der Waals surface area contributed by atoms with Crippen molar-refractivity contribution in [3.05, 3.63) is 17.0 Å². The summed E-state index contributed by atoms with van der Waals surface area (Å²) >= 11 is 1.42. The minimum absolute atomic E-state index is 0.441. The van der Waals surface area contributed by atoms with Crippen LogP contribution in [-0.2, 0) is 16.4 Å². The SMILES string of the molecule is CCNCCc1ccc(S(=O)(=O)N2CC(C)CC(C)C2)s1. The third-order valence-corrected chi connectivity index (χ3v) is 7.31. The summed E-state index contributed by atoms with van der Waals surface area (Å²) in [5.41, 5.74) is 0. The molecule has 1 fully saturated rings. The zero-order valence-corrected chi connectivity index (χ0v) is 14.8. The van der Waals surface area contributed by atoms with Crippen molar-refractivity contribution in [1.29, 1.82) is 0 Å². The van der Waals surface area contributed by atoms with Crippen molar-refractivity contribution in [3.8, 4) is 0 Å². The van der Waals surface area contributed by atoms with Gasteiger partial charge in [0, 0.05) is 18.0 Å². The van der Waals surface area contributed by atoms with Gasteiger partial charge in [0.05, 0.1) is 0 Å². The lowest BCUT2D eigenvalue weighted by Gasteiger charge is -2.33. The van der Waals surface area contributed by atoms with Crippen LogP contribution in [0.2, 0.25) is 0 Å². The van der Waals surface area contributed by atoms with Crippen LogP contribution in [0.1, 0.15) is 32.1 Å². The molecule has 0 amide bonds.